The molecule has 1 aromatic heterocycles. The summed E-state index contributed by atoms with van der Waals surface area (Å²) in [6.07, 6.45) is -0.460. The molecule has 1 amide bonds. The van der Waals surface area contributed by atoms with E-state index in [1.807, 2.05) is 25.1 Å². The van der Waals surface area contributed by atoms with Gasteiger partial charge in [-0.2, -0.15) is 5.10 Å². The van der Waals surface area contributed by atoms with Crippen LogP contribution in [0.1, 0.15) is 12.6 Å². The minimum Gasteiger partial charge on any atom is -0.479 e. The molecule has 0 saturated heterocycles. The van der Waals surface area contributed by atoms with Gasteiger partial charge in [-0.3, -0.25) is 9.89 Å². The maximum Gasteiger partial charge on any atom is 0.265 e. The van der Waals surface area contributed by atoms with E-state index in [1.165, 1.54) is 0 Å². The van der Waals surface area contributed by atoms with Crippen LogP contribution in [0.25, 0.3) is 11.3 Å². The number of ether oxygens (including phenoxy) is 1. The van der Waals surface area contributed by atoms with E-state index in [-0.39, 0.29) is 5.91 Å². The van der Waals surface area contributed by atoms with Crippen LogP contribution in [0.2, 0.25) is 0 Å². The summed E-state index contributed by atoms with van der Waals surface area (Å²) in [5.41, 5.74) is 3.36. The third-order valence-corrected chi connectivity index (χ3v) is 4.03. The second-order valence-electron chi connectivity index (χ2n) is 4.47. The zero-order valence-corrected chi connectivity index (χ0v) is 12.0. The summed E-state index contributed by atoms with van der Waals surface area (Å²) in [7, 11) is 0. The first-order valence-electron chi connectivity index (χ1n) is 5.88. The number of halogens is 1. The summed E-state index contributed by atoms with van der Waals surface area (Å²) in [5.74, 6) is 0.543. The molecule has 1 atom stereocenters. The fourth-order valence-electron chi connectivity index (χ4n) is 1.96. The maximum absolute atomic E-state index is 11.6. The van der Waals surface area contributed by atoms with Crippen molar-refractivity contribution in [1.82, 2.24) is 10.2 Å². The highest BCUT2D eigenvalue weighted by Crippen LogP contribution is 2.36. The van der Waals surface area contributed by atoms with Gasteiger partial charge >= 0.3 is 0 Å². The number of aryl methyl sites for hydroxylation is 1. The van der Waals surface area contributed by atoms with Crippen molar-refractivity contribution in [3.63, 3.8) is 0 Å². The van der Waals surface area contributed by atoms with Gasteiger partial charge in [0.25, 0.3) is 5.91 Å². The average molecular weight is 322 g/mol. The van der Waals surface area contributed by atoms with Crippen LogP contribution in [-0.4, -0.2) is 22.2 Å². The van der Waals surface area contributed by atoms with Gasteiger partial charge in [-0.1, -0.05) is 0 Å². The van der Waals surface area contributed by atoms with Crippen LogP contribution in [0.15, 0.2) is 22.7 Å². The molecule has 1 unspecified atom stereocenters. The number of anilines is 1. The molecular formula is C13H12BrN3O2. The fourth-order valence-corrected chi connectivity index (χ4v) is 2.37. The minimum atomic E-state index is -0.460. The lowest BCUT2D eigenvalue weighted by Gasteiger charge is -2.23. The van der Waals surface area contributed by atoms with Crippen LogP contribution in [-0.2, 0) is 4.79 Å². The summed E-state index contributed by atoms with van der Waals surface area (Å²) in [4.78, 5) is 11.6. The number of aromatic nitrogens is 2. The molecule has 0 radical (unpaired) electrons. The number of hydrogen-bond acceptors (Lipinski definition) is 3. The molecular weight excluding hydrogens is 310 g/mol. The Morgan fingerprint density at radius 3 is 2.89 bits per heavy atom. The SMILES string of the molecule is Cc1[nH]nc(-c2ccc3c(c2)NC(=O)C(C)O3)c1Br. The van der Waals surface area contributed by atoms with Gasteiger partial charge in [0, 0.05) is 11.3 Å². The van der Waals surface area contributed by atoms with Crippen LogP contribution in [0.3, 0.4) is 0 Å². The molecule has 1 aliphatic heterocycles. The van der Waals surface area contributed by atoms with Crippen molar-refractivity contribution >= 4 is 27.5 Å². The molecule has 2 N–H and O–H groups in total. The Balaban J connectivity index is 2.05. The van der Waals surface area contributed by atoms with Crippen molar-refractivity contribution in [3.8, 4) is 17.0 Å². The van der Waals surface area contributed by atoms with Crippen LogP contribution in [0.5, 0.6) is 5.75 Å². The highest BCUT2D eigenvalue weighted by atomic mass is 79.9. The Labute approximate surface area is 118 Å². The number of H-pyrrole nitrogens is 1. The van der Waals surface area contributed by atoms with E-state index in [4.69, 9.17) is 4.74 Å². The van der Waals surface area contributed by atoms with Gasteiger partial charge in [0.1, 0.15) is 11.4 Å². The van der Waals surface area contributed by atoms with Crippen molar-refractivity contribution < 1.29 is 9.53 Å². The lowest BCUT2D eigenvalue weighted by molar-refractivity contribution is -0.122. The monoisotopic (exact) mass is 321 g/mol. The molecule has 3 rings (SSSR count). The van der Waals surface area contributed by atoms with E-state index in [2.05, 4.69) is 31.4 Å². The Kier molecular flexibility index (Phi) is 2.82. The zero-order valence-electron chi connectivity index (χ0n) is 10.5. The predicted molar refractivity (Wildman–Crippen MR) is 75.2 cm³/mol. The van der Waals surface area contributed by atoms with Crippen LogP contribution < -0.4 is 10.1 Å². The molecule has 5 nitrogen and oxygen atoms in total. The first kappa shape index (κ1) is 12.2. The van der Waals surface area contributed by atoms with E-state index < -0.39 is 6.10 Å². The Morgan fingerprint density at radius 1 is 1.42 bits per heavy atom. The largest absolute Gasteiger partial charge is 0.479 e. The van der Waals surface area contributed by atoms with Gasteiger partial charge in [-0.05, 0) is 48.0 Å². The molecule has 2 aromatic rings. The molecule has 0 aliphatic carbocycles. The first-order chi connectivity index (χ1) is 9.06. The Hall–Kier alpha value is -1.82. The number of rotatable bonds is 1. The highest BCUT2D eigenvalue weighted by molar-refractivity contribution is 9.10. The Bertz CT molecular complexity index is 666. The normalized spacial score (nSPS) is 17.6. The highest BCUT2D eigenvalue weighted by Gasteiger charge is 2.24. The second kappa shape index (κ2) is 4.38. The first-order valence-corrected chi connectivity index (χ1v) is 6.68. The molecule has 1 aromatic carbocycles. The molecule has 6 heteroatoms. The number of nitrogens with one attached hydrogen (secondary N) is 2. The van der Waals surface area contributed by atoms with Gasteiger partial charge in [0.2, 0.25) is 0 Å². The van der Waals surface area contributed by atoms with E-state index in [0.29, 0.717) is 11.4 Å². The third kappa shape index (κ3) is 2.02. The molecule has 0 spiro atoms. The third-order valence-electron chi connectivity index (χ3n) is 3.06. The zero-order chi connectivity index (χ0) is 13.6. The molecule has 98 valence electrons. The number of aromatic amines is 1. The summed E-state index contributed by atoms with van der Waals surface area (Å²) in [6, 6.07) is 5.62. The second-order valence-corrected chi connectivity index (χ2v) is 5.26. The lowest BCUT2D eigenvalue weighted by atomic mass is 10.1. The number of carbonyl (C=O) groups is 1. The minimum absolute atomic E-state index is 0.137. The lowest BCUT2D eigenvalue weighted by Crippen LogP contribution is -2.34. The number of carbonyl (C=O) groups excluding carboxylic acids is 1. The summed E-state index contributed by atoms with van der Waals surface area (Å²) >= 11 is 3.49. The van der Waals surface area contributed by atoms with Crippen LogP contribution in [0.4, 0.5) is 5.69 Å². The molecule has 2 heterocycles. The van der Waals surface area contributed by atoms with Gasteiger partial charge in [-0.25, -0.2) is 0 Å². The molecule has 19 heavy (non-hydrogen) atoms. The number of benzene rings is 1. The summed E-state index contributed by atoms with van der Waals surface area (Å²) < 4.78 is 6.44. The molecule has 1 aliphatic rings. The van der Waals surface area contributed by atoms with Gasteiger partial charge in [0.15, 0.2) is 6.10 Å². The number of fused-ring (bicyclic) bond motifs is 1. The topological polar surface area (TPSA) is 67.0 Å². The summed E-state index contributed by atoms with van der Waals surface area (Å²) in [5, 5.41) is 9.99. The molecule has 0 fully saturated rings. The van der Waals surface area contributed by atoms with Gasteiger partial charge < -0.3 is 10.1 Å². The molecule has 0 bridgehead atoms. The fraction of sp³-hybridized carbons (Fsp3) is 0.231. The number of nitrogens with zero attached hydrogens (tertiary/aromatic N) is 1. The van der Waals surface area contributed by atoms with Crippen molar-refractivity contribution in [1.29, 1.82) is 0 Å². The molecule has 0 saturated carbocycles. The van der Waals surface area contributed by atoms with Gasteiger partial charge in [-0.15, -0.1) is 0 Å². The smallest absolute Gasteiger partial charge is 0.265 e. The van der Waals surface area contributed by atoms with Crippen LogP contribution in [0, 0.1) is 6.92 Å². The van der Waals surface area contributed by atoms with Gasteiger partial charge in [0.05, 0.1) is 10.2 Å². The maximum atomic E-state index is 11.6. The van der Waals surface area contributed by atoms with E-state index in [0.717, 1.165) is 21.4 Å². The van der Waals surface area contributed by atoms with Crippen LogP contribution >= 0.6 is 15.9 Å². The van der Waals surface area contributed by atoms with E-state index >= 15 is 0 Å². The van der Waals surface area contributed by atoms with Crippen molar-refractivity contribution in [2.75, 3.05) is 5.32 Å². The van der Waals surface area contributed by atoms with E-state index in [9.17, 15) is 4.79 Å². The predicted octanol–water partition coefficient (Wildman–Crippen LogP) is 2.87. The van der Waals surface area contributed by atoms with Crippen molar-refractivity contribution in [2.45, 2.75) is 20.0 Å². The van der Waals surface area contributed by atoms with Crippen molar-refractivity contribution in [2.24, 2.45) is 0 Å². The number of amides is 1. The van der Waals surface area contributed by atoms with Crippen molar-refractivity contribution in [3.05, 3.63) is 28.4 Å². The number of hydrogen-bond donors (Lipinski definition) is 2. The summed E-state index contributed by atoms with van der Waals surface area (Å²) in [6.45, 7) is 3.66. The van der Waals surface area contributed by atoms with E-state index in [1.54, 1.807) is 6.92 Å². The standard InChI is InChI=1S/C13H12BrN3O2/c1-6-11(14)12(17-16-6)8-3-4-10-9(5-8)15-13(18)7(2)19-10/h3-5,7H,1-2H3,(H,15,18)(H,16,17). The Morgan fingerprint density at radius 2 is 2.21 bits per heavy atom. The average Bonchev–Trinajstić information content (AvgIpc) is 2.71. The quantitative estimate of drug-likeness (QED) is 0.848.